The Labute approximate surface area is 112 Å². The van der Waals surface area contributed by atoms with E-state index in [1.807, 2.05) is 6.92 Å². The van der Waals surface area contributed by atoms with Crippen molar-refractivity contribution in [2.45, 2.75) is 13.3 Å². The highest BCUT2D eigenvalue weighted by atomic mass is 16.4. The number of carbonyl (C=O) groups is 2. The molecular weight excluding hydrogens is 246 g/mol. The van der Waals surface area contributed by atoms with Gasteiger partial charge in [-0.3, -0.25) is 9.78 Å². The molecule has 0 saturated heterocycles. The molecule has 0 aliphatic carbocycles. The number of pyridine rings is 1. The summed E-state index contributed by atoms with van der Waals surface area (Å²) < 4.78 is 0. The summed E-state index contributed by atoms with van der Waals surface area (Å²) in [6.07, 6.45) is 3.66. The second-order valence-electron chi connectivity index (χ2n) is 4.41. The van der Waals surface area contributed by atoms with Crippen LogP contribution in [-0.4, -0.2) is 54.1 Å². The van der Waals surface area contributed by atoms with Gasteiger partial charge in [-0.05, 0) is 12.5 Å². The molecule has 0 atom stereocenters. The molecule has 1 aromatic rings. The minimum absolute atomic E-state index is 0.0680. The topological polar surface area (TPSA) is 73.7 Å². The van der Waals surface area contributed by atoms with E-state index in [1.165, 1.54) is 17.3 Å². The van der Waals surface area contributed by atoms with E-state index in [0.29, 0.717) is 12.2 Å². The van der Waals surface area contributed by atoms with Crippen molar-refractivity contribution in [1.82, 2.24) is 9.88 Å². The quantitative estimate of drug-likeness (QED) is 0.833. The third-order valence-corrected chi connectivity index (χ3v) is 2.69. The van der Waals surface area contributed by atoms with Crippen LogP contribution in [0.4, 0.5) is 5.69 Å². The van der Waals surface area contributed by atoms with Crippen molar-refractivity contribution in [3.05, 3.63) is 24.0 Å². The van der Waals surface area contributed by atoms with Crippen molar-refractivity contribution in [3.8, 4) is 0 Å². The molecule has 0 aromatic carbocycles. The maximum atomic E-state index is 11.8. The zero-order chi connectivity index (χ0) is 14.4. The second-order valence-corrected chi connectivity index (χ2v) is 4.41. The Balaban J connectivity index is 3.05. The van der Waals surface area contributed by atoms with Crippen LogP contribution in [0.5, 0.6) is 0 Å². The first-order chi connectivity index (χ1) is 8.97. The van der Waals surface area contributed by atoms with E-state index in [1.54, 1.807) is 25.1 Å². The highest BCUT2D eigenvalue weighted by Gasteiger charge is 2.18. The van der Waals surface area contributed by atoms with Crippen molar-refractivity contribution < 1.29 is 14.7 Å². The van der Waals surface area contributed by atoms with E-state index < -0.39 is 5.97 Å². The van der Waals surface area contributed by atoms with E-state index in [-0.39, 0.29) is 18.0 Å². The number of hydrogen-bond donors (Lipinski definition) is 1. The van der Waals surface area contributed by atoms with Gasteiger partial charge in [-0.25, -0.2) is 4.79 Å². The van der Waals surface area contributed by atoms with E-state index >= 15 is 0 Å². The molecule has 0 saturated carbocycles. The predicted octanol–water partition coefficient (Wildman–Crippen LogP) is 1.08. The number of likely N-dealkylation sites (N-methyl/N-ethyl adjacent to an activating group) is 1. The Bertz CT molecular complexity index is 460. The summed E-state index contributed by atoms with van der Waals surface area (Å²) in [5, 5.41) is 9.16. The number of amides is 1. The number of rotatable bonds is 6. The zero-order valence-corrected chi connectivity index (χ0v) is 11.5. The van der Waals surface area contributed by atoms with E-state index in [9.17, 15) is 9.59 Å². The second kappa shape index (κ2) is 6.72. The Hall–Kier alpha value is -2.11. The highest BCUT2D eigenvalue weighted by molar-refractivity contribution is 5.95. The first kappa shape index (κ1) is 14.9. The molecule has 0 fully saturated rings. The fraction of sp³-hybridized carbons (Fsp3) is 0.462. The maximum Gasteiger partial charge on any atom is 0.339 e. The summed E-state index contributed by atoms with van der Waals surface area (Å²) >= 11 is 0. The van der Waals surface area contributed by atoms with Crippen LogP contribution in [0.25, 0.3) is 0 Å². The maximum absolute atomic E-state index is 11.8. The normalized spacial score (nSPS) is 10.1. The minimum Gasteiger partial charge on any atom is -0.478 e. The summed E-state index contributed by atoms with van der Waals surface area (Å²) in [6, 6.07) is 1.63. The van der Waals surface area contributed by atoms with Crippen LogP contribution in [0.15, 0.2) is 18.5 Å². The average molecular weight is 265 g/mol. The van der Waals surface area contributed by atoms with Crippen LogP contribution in [0.1, 0.15) is 23.7 Å². The van der Waals surface area contributed by atoms with Crippen LogP contribution in [-0.2, 0) is 4.79 Å². The molecule has 0 aliphatic heterocycles. The van der Waals surface area contributed by atoms with E-state index in [4.69, 9.17) is 5.11 Å². The number of aromatic carboxylic acids is 1. The summed E-state index contributed by atoms with van der Waals surface area (Å²) in [7, 11) is 3.36. The summed E-state index contributed by atoms with van der Waals surface area (Å²) in [6.45, 7) is 2.75. The molecule has 0 aliphatic rings. The first-order valence-corrected chi connectivity index (χ1v) is 6.09. The fourth-order valence-electron chi connectivity index (χ4n) is 1.69. The average Bonchev–Trinajstić information content (AvgIpc) is 2.37. The molecule has 104 valence electrons. The smallest absolute Gasteiger partial charge is 0.339 e. The highest BCUT2D eigenvalue weighted by Crippen LogP contribution is 2.19. The van der Waals surface area contributed by atoms with Crippen LogP contribution < -0.4 is 4.90 Å². The largest absolute Gasteiger partial charge is 0.478 e. The lowest BCUT2D eigenvalue weighted by Gasteiger charge is -2.26. The molecule has 6 heteroatoms. The Morgan fingerprint density at radius 1 is 1.37 bits per heavy atom. The Morgan fingerprint density at radius 2 is 2.05 bits per heavy atom. The van der Waals surface area contributed by atoms with Crippen LogP contribution in [0.2, 0.25) is 0 Å². The van der Waals surface area contributed by atoms with Crippen molar-refractivity contribution in [2.24, 2.45) is 0 Å². The van der Waals surface area contributed by atoms with Gasteiger partial charge in [-0.2, -0.15) is 0 Å². The molecule has 1 heterocycles. The monoisotopic (exact) mass is 265 g/mol. The number of carboxylic acid groups (broad SMARTS) is 1. The molecule has 1 amide bonds. The van der Waals surface area contributed by atoms with Gasteiger partial charge in [0, 0.05) is 33.0 Å². The van der Waals surface area contributed by atoms with Gasteiger partial charge in [0.1, 0.15) is 5.56 Å². The lowest BCUT2D eigenvalue weighted by molar-refractivity contribution is -0.127. The lowest BCUT2D eigenvalue weighted by Crippen LogP contribution is -2.37. The van der Waals surface area contributed by atoms with Crippen molar-refractivity contribution in [3.63, 3.8) is 0 Å². The lowest BCUT2D eigenvalue weighted by atomic mass is 10.2. The molecule has 0 spiro atoms. The molecule has 6 nitrogen and oxygen atoms in total. The SMILES string of the molecule is CCCN(CC(=O)N(C)C)c1ccncc1C(=O)O. The van der Waals surface area contributed by atoms with Crippen LogP contribution in [0.3, 0.4) is 0 Å². The molecule has 1 rings (SSSR count). The molecule has 0 unspecified atom stereocenters. The number of aromatic nitrogens is 1. The number of carbonyl (C=O) groups excluding carboxylic acids is 1. The van der Waals surface area contributed by atoms with Gasteiger partial charge >= 0.3 is 5.97 Å². The molecular formula is C13H19N3O3. The molecule has 0 radical (unpaired) electrons. The zero-order valence-electron chi connectivity index (χ0n) is 11.5. The van der Waals surface area contributed by atoms with Crippen molar-refractivity contribution >= 4 is 17.6 Å². The number of anilines is 1. The predicted molar refractivity (Wildman–Crippen MR) is 72.4 cm³/mol. The van der Waals surface area contributed by atoms with Gasteiger partial charge in [-0.1, -0.05) is 6.92 Å². The summed E-state index contributed by atoms with van der Waals surface area (Å²) in [4.78, 5) is 30.1. The van der Waals surface area contributed by atoms with Gasteiger partial charge in [0.05, 0.1) is 12.2 Å². The number of carboxylic acids is 1. The van der Waals surface area contributed by atoms with Gasteiger partial charge in [-0.15, -0.1) is 0 Å². The minimum atomic E-state index is -1.04. The van der Waals surface area contributed by atoms with Crippen molar-refractivity contribution in [2.75, 3.05) is 32.1 Å². The first-order valence-electron chi connectivity index (χ1n) is 6.09. The van der Waals surface area contributed by atoms with Gasteiger partial charge in [0.25, 0.3) is 0 Å². The summed E-state index contributed by atoms with van der Waals surface area (Å²) in [5.74, 6) is -1.11. The van der Waals surface area contributed by atoms with Gasteiger partial charge in [0.15, 0.2) is 0 Å². The Morgan fingerprint density at radius 3 is 2.58 bits per heavy atom. The van der Waals surface area contributed by atoms with Crippen LogP contribution in [0, 0.1) is 0 Å². The third-order valence-electron chi connectivity index (χ3n) is 2.69. The summed E-state index contributed by atoms with van der Waals surface area (Å²) in [5.41, 5.74) is 0.641. The molecule has 1 aromatic heterocycles. The molecule has 1 N–H and O–H groups in total. The van der Waals surface area contributed by atoms with Crippen LogP contribution >= 0.6 is 0 Å². The number of hydrogen-bond acceptors (Lipinski definition) is 4. The number of nitrogens with zero attached hydrogens (tertiary/aromatic N) is 3. The van der Waals surface area contributed by atoms with Gasteiger partial charge < -0.3 is 14.9 Å². The van der Waals surface area contributed by atoms with E-state index in [0.717, 1.165) is 6.42 Å². The fourth-order valence-corrected chi connectivity index (χ4v) is 1.69. The third kappa shape index (κ3) is 3.94. The molecule has 0 bridgehead atoms. The van der Waals surface area contributed by atoms with Gasteiger partial charge in [0.2, 0.25) is 5.91 Å². The molecule has 19 heavy (non-hydrogen) atoms. The van der Waals surface area contributed by atoms with E-state index in [2.05, 4.69) is 4.98 Å². The Kier molecular flexibility index (Phi) is 5.29. The standard InChI is InChI=1S/C13H19N3O3/c1-4-7-16(9-12(17)15(2)3)11-5-6-14-8-10(11)13(18)19/h5-6,8H,4,7,9H2,1-3H3,(H,18,19). The van der Waals surface area contributed by atoms with Crippen molar-refractivity contribution in [1.29, 1.82) is 0 Å².